The molecule has 1 fully saturated rings. The molecular formula is C19H21N3O3S2. The molecule has 0 aliphatic heterocycles. The number of rotatable bonds is 6. The van der Waals surface area contributed by atoms with Gasteiger partial charge in [0, 0.05) is 22.5 Å². The van der Waals surface area contributed by atoms with Gasteiger partial charge in [-0.2, -0.15) is 4.98 Å². The van der Waals surface area contributed by atoms with E-state index >= 15 is 0 Å². The van der Waals surface area contributed by atoms with Crippen molar-refractivity contribution < 1.29 is 12.9 Å². The van der Waals surface area contributed by atoms with Crippen molar-refractivity contribution in [2.75, 3.05) is 4.72 Å². The number of benzene rings is 1. The number of nitrogens with one attached hydrogen (secondary N) is 1. The maximum Gasteiger partial charge on any atom is 0.271 e. The number of aromatic nitrogens is 2. The zero-order valence-electron chi connectivity index (χ0n) is 15.2. The molecule has 2 aromatic heterocycles. The summed E-state index contributed by atoms with van der Waals surface area (Å²) in [6.07, 6.45) is 3.34. The average Bonchev–Trinajstić information content (AvgIpc) is 3.22. The van der Waals surface area contributed by atoms with Crippen LogP contribution >= 0.6 is 11.3 Å². The Morgan fingerprint density at radius 1 is 1.22 bits per heavy atom. The normalized spacial score (nSPS) is 15.1. The van der Waals surface area contributed by atoms with Crippen molar-refractivity contribution in [3.8, 4) is 11.4 Å². The fourth-order valence-corrected chi connectivity index (χ4v) is 5.11. The summed E-state index contributed by atoms with van der Waals surface area (Å²) >= 11 is 1.14. The SMILES string of the molecule is CC(C)c1ccc(NS(=O)(=O)c2cc(-c3noc(C4CCC4)n3)cs2)cc1. The van der Waals surface area contributed by atoms with E-state index < -0.39 is 10.0 Å². The van der Waals surface area contributed by atoms with Crippen LogP contribution < -0.4 is 4.72 Å². The second kappa shape index (κ2) is 7.09. The van der Waals surface area contributed by atoms with Crippen LogP contribution in [0.25, 0.3) is 11.4 Å². The molecule has 1 saturated carbocycles. The van der Waals surface area contributed by atoms with Crippen LogP contribution in [0.1, 0.15) is 56.4 Å². The molecule has 0 saturated heterocycles. The molecule has 0 bridgehead atoms. The van der Waals surface area contributed by atoms with Gasteiger partial charge in [0.2, 0.25) is 11.7 Å². The van der Waals surface area contributed by atoms with E-state index in [0.717, 1.165) is 29.7 Å². The van der Waals surface area contributed by atoms with Crippen molar-refractivity contribution in [2.45, 2.75) is 49.2 Å². The third-order valence-corrected chi connectivity index (χ3v) is 7.65. The standard InChI is InChI=1S/C19H21N3O3S2/c1-12(2)13-6-8-16(9-7-13)22-27(23,24)17-10-15(11-26-17)18-20-19(25-21-18)14-4-3-5-14/h6-12,14,22H,3-5H2,1-2H3. The molecule has 2 heterocycles. The van der Waals surface area contributed by atoms with Crippen molar-refractivity contribution in [3.63, 3.8) is 0 Å². The summed E-state index contributed by atoms with van der Waals surface area (Å²) in [5, 5.41) is 5.74. The molecule has 1 aliphatic rings. The Bertz CT molecular complexity index is 1030. The Labute approximate surface area is 162 Å². The molecule has 6 nitrogen and oxygen atoms in total. The van der Waals surface area contributed by atoms with Gasteiger partial charge in [-0.15, -0.1) is 11.3 Å². The van der Waals surface area contributed by atoms with Gasteiger partial charge in [-0.25, -0.2) is 8.42 Å². The quantitative estimate of drug-likeness (QED) is 0.627. The number of sulfonamides is 1. The Hall–Kier alpha value is -2.19. The van der Waals surface area contributed by atoms with Crippen molar-refractivity contribution in [2.24, 2.45) is 0 Å². The lowest BCUT2D eigenvalue weighted by atomic mass is 9.85. The molecule has 0 atom stereocenters. The van der Waals surface area contributed by atoms with E-state index in [-0.39, 0.29) is 4.21 Å². The second-order valence-electron chi connectivity index (χ2n) is 7.12. The summed E-state index contributed by atoms with van der Waals surface area (Å²) in [5.41, 5.74) is 2.36. The number of nitrogens with zero attached hydrogens (tertiary/aromatic N) is 2. The van der Waals surface area contributed by atoms with Gasteiger partial charge in [-0.05, 0) is 42.5 Å². The molecule has 4 rings (SSSR count). The van der Waals surface area contributed by atoms with Crippen LogP contribution in [0, 0.1) is 0 Å². The molecule has 3 aromatic rings. The van der Waals surface area contributed by atoms with Crippen LogP contribution in [-0.2, 0) is 10.0 Å². The van der Waals surface area contributed by atoms with Crippen molar-refractivity contribution in [3.05, 3.63) is 47.2 Å². The van der Waals surface area contributed by atoms with Gasteiger partial charge in [0.25, 0.3) is 10.0 Å². The lowest BCUT2D eigenvalue weighted by Gasteiger charge is -2.20. The minimum absolute atomic E-state index is 0.223. The molecular weight excluding hydrogens is 382 g/mol. The number of anilines is 1. The van der Waals surface area contributed by atoms with E-state index in [1.807, 2.05) is 12.1 Å². The maximum atomic E-state index is 12.7. The Kier molecular flexibility index (Phi) is 4.77. The first-order chi connectivity index (χ1) is 12.9. The summed E-state index contributed by atoms with van der Waals surface area (Å²) < 4.78 is 33.5. The summed E-state index contributed by atoms with van der Waals surface area (Å²) in [7, 11) is -3.65. The highest BCUT2D eigenvalue weighted by Gasteiger charge is 2.26. The molecule has 0 spiro atoms. The summed E-state index contributed by atoms with van der Waals surface area (Å²) in [4.78, 5) is 4.42. The minimum atomic E-state index is -3.65. The highest BCUT2D eigenvalue weighted by atomic mass is 32.2. The third-order valence-electron chi connectivity index (χ3n) is 4.82. The monoisotopic (exact) mass is 403 g/mol. The Balaban J connectivity index is 1.51. The smallest absolute Gasteiger partial charge is 0.271 e. The zero-order chi connectivity index (χ0) is 19.0. The molecule has 142 valence electrons. The first kappa shape index (κ1) is 18.2. The summed E-state index contributed by atoms with van der Waals surface area (Å²) in [5.74, 6) is 1.84. The number of hydrogen-bond acceptors (Lipinski definition) is 6. The van der Waals surface area contributed by atoms with Crippen LogP contribution in [0.5, 0.6) is 0 Å². The van der Waals surface area contributed by atoms with Gasteiger partial charge in [-0.1, -0.05) is 37.6 Å². The molecule has 1 N–H and O–H groups in total. The number of thiophene rings is 1. The van der Waals surface area contributed by atoms with Crippen molar-refractivity contribution in [1.82, 2.24) is 10.1 Å². The van der Waals surface area contributed by atoms with Gasteiger partial charge < -0.3 is 4.52 Å². The van der Waals surface area contributed by atoms with Crippen LogP contribution in [-0.4, -0.2) is 18.6 Å². The lowest BCUT2D eigenvalue weighted by molar-refractivity contribution is 0.292. The minimum Gasteiger partial charge on any atom is -0.339 e. The van der Waals surface area contributed by atoms with Gasteiger partial charge in [0.05, 0.1) is 0 Å². The summed E-state index contributed by atoms with van der Waals surface area (Å²) in [6, 6.07) is 9.02. The fourth-order valence-electron chi connectivity index (χ4n) is 2.89. The van der Waals surface area contributed by atoms with E-state index in [1.54, 1.807) is 23.6 Å². The summed E-state index contributed by atoms with van der Waals surface area (Å²) in [6.45, 7) is 4.20. The highest BCUT2D eigenvalue weighted by Crippen LogP contribution is 2.36. The zero-order valence-corrected chi connectivity index (χ0v) is 16.8. The van der Waals surface area contributed by atoms with Gasteiger partial charge in [0.15, 0.2) is 0 Å². The number of hydrogen-bond donors (Lipinski definition) is 1. The van der Waals surface area contributed by atoms with Gasteiger partial charge in [-0.3, -0.25) is 4.72 Å². The van der Waals surface area contributed by atoms with E-state index in [4.69, 9.17) is 4.52 Å². The van der Waals surface area contributed by atoms with E-state index in [1.165, 1.54) is 6.42 Å². The first-order valence-corrected chi connectivity index (χ1v) is 11.3. The largest absolute Gasteiger partial charge is 0.339 e. The van der Waals surface area contributed by atoms with E-state index in [2.05, 4.69) is 28.7 Å². The predicted octanol–water partition coefficient (Wildman–Crippen LogP) is 4.99. The topological polar surface area (TPSA) is 85.1 Å². The highest BCUT2D eigenvalue weighted by molar-refractivity contribution is 7.94. The second-order valence-corrected chi connectivity index (χ2v) is 9.94. The first-order valence-electron chi connectivity index (χ1n) is 8.97. The van der Waals surface area contributed by atoms with Crippen LogP contribution in [0.2, 0.25) is 0 Å². The Morgan fingerprint density at radius 2 is 1.96 bits per heavy atom. The Morgan fingerprint density at radius 3 is 2.59 bits per heavy atom. The molecule has 8 heteroatoms. The molecule has 0 radical (unpaired) electrons. The third kappa shape index (κ3) is 3.77. The van der Waals surface area contributed by atoms with Crippen LogP contribution in [0.4, 0.5) is 5.69 Å². The van der Waals surface area contributed by atoms with Crippen LogP contribution in [0.15, 0.2) is 44.4 Å². The molecule has 1 aromatic carbocycles. The lowest BCUT2D eigenvalue weighted by Crippen LogP contribution is -2.11. The van der Waals surface area contributed by atoms with E-state index in [0.29, 0.717) is 34.8 Å². The average molecular weight is 404 g/mol. The van der Waals surface area contributed by atoms with Crippen LogP contribution in [0.3, 0.4) is 0 Å². The van der Waals surface area contributed by atoms with E-state index in [9.17, 15) is 8.42 Å². The molecule has 0 unspecified atom stereocenters. The molecule has 1 aliphatic carbocycles. The van der Waals surface area contributed by atoms with Gasteiger partial charge in [0.1, 0.15) is 4.21 Å². The van der Waals surface area contributed by atoms with Crippen molar-refractivity contribution >= 4 is 27.0 Å². The fraction of sp³-hybridized carbons (Fsp3) is 0.368. The maximum absolute atomic E-state index is 12.7. The predicted molar refractivity (Wildman–Crippen MR) is 106 cm³/mol. The van der Waals surface area contributed by atoms with Crippen molar-refractivity contribution in [1.29, 1.82) is 0 Å². The molecule has 0 amide bonds. The van der Waals surface area contributed by atoms with Gasteiger partial charge >= 0.3 is 0 Å². The molecule has 27 heavy (non-hydrogen) atoms.